The molecule has 1 fully saturated rings. The largest absolute Gasteiger partial charge is 0.481 e. The second kappa shape index (κ2) is 5.79. The highest BCUT2D eigenvalue weighted by Crippen LogP contribution is 2.21. The van der Waals surface area contributed by atoms with Gasteiger partial charge in [0.1, 0.15) is 0 Å². The Morgan fingerprint density at radius 2 is 2.18 bits per heavy atom. The molecule has 1 heterocycles. The van der Waals surface area contributed by atoms with Gasteiger partial charge in [-0.25, -0.2) is 13.6 Å². The minimum absolute atomic E-state index is 0.131. The van der Waals surface area contributed by atoms with Crippen molar-refractivity contribution >= 4 is 12.0 Å². The van der Waals surface area contributed by atoms with Crippen LogP contribution in [-0.4, -0.2) is 59.5 Å². The van der Waals surface area contributed by atoms with Gasteiger partial charge in [-0.3, -0.25) is 4.79 Å². The Bertz CT molecular complexity index is 299. The van der Waals surface area contributed by atoms with Crippen molar-refractivity contribution in [2.45, 2.75) is 31.7 Å². The van der Waals surface area contributed by atoms with Crippen LogP contribution in [0.4, 0.5) is 13.6 Å². The molecule has 7 heteroatoms. The molecule has 98 valence electrons. The third-order valence-electron chi connectivity index (χ3n) is 2.77. The smallest absolute Gasteiger partial charge is 0.320 e. The molecule has 0 aromatic heterocycles. The summed E-state index contributed by atoms with van der Waals surface area (Å²) in [5.41, 5.74) is 0. The number of carbonyl (C=O) groups excluding carboxylic acids is 1. The Labute approximate surface area is 98.0 Å². The lowest BCUT2D eigenvalue weighted by Gasteiger charge is -2.28. The van der Waals surface area contributed by atoms with Crippen LogP contribution in [-0.2, 0) is 4.79 Å². The van der Waals surface area contributed by atoms with Crippen LogP contribution in [0.5, 0.6) is 0 Å². The van der Waals surface area contributed by atoms with Crippen LogP contribution in [0, 0.1) is 0 Å². The molecule has 1 atom stereocenters. The number of likely N-dealkylation sites (tertiary alicyclic amines) is 1. The number of urea groups is 1. The number of halogens is 2. The van der Waals surface area contributed by atoms with E-state index in [2.05, 4.69) is 0 Å². The molecular formula is C10H16F2N2O3. The van der Waals surface area contributed by atoms with Crippen molar-refractivity contribution in [2.75, 3.05) is 20.1 Å². The third-order valence-corrected chi connectivity index (χ3v) is 2.77. The molecular weight excluding hydrogens is 234 g/mol. The number of carboxylic acids is 1. The predicted octanol–water partition coefficient (Wildman–Crippen LogP) is 1.24. The predicted molar refractivity (Wildman–Crippen MR) is 56.0 cm³/mol. The molecule has 1 rings (SSSR count). The lowest BCUT2D eigenvalue weighted by atomic mass is 10.1. The van der Waals surface area contributed by atoms with Crippen molar-refractivity contribution in [1.82, 2.24) is 9.80 Å². The normalized spacial score (nSPS) is 19.8. The summed E-state index contributed by atoms with van der Waals surface area (Å²) < 4.78 is 24.3. The number of carbonyl (C=O) groups is 2. The fourth-order valence-electron chi connectivity index (χ4n) is 2.01. The topological polar surface area (TPSA) is 60.9 Å². The highest BCUT2D eigenvalue weighted by atomic mass is 19.3. The van der Waals surface area contributed by atoms with E-state index in [0.717, 1.165) is 4.90 Å². The SMILES string of the molecule is CN(CC(F)F)C(=O)N1CCCC1CC(=O)O. The molecule has 5 nitrogen and oxygen atoms in total. The zero-order chi connectivity index (χ0) is 13.0. The van der Waals surface area contributed by atoms with Crippen LogP contribution in [0.15, 0.2) is 0 Å². The molecule has 1 saturated heterocycles. The first-order valence-corrected chi connectivity index (χ1v) is 5.43. The van der Waals surface area contributed by atoms with E-state index >= 15 is 0 Å². The lowest BCUT2D eigenvalue weighted by molar-refractivity contribution is -0.138. The summed E-state index contributed by atoms with van der Waals surface area (Å²) in [5.74, 6) is -0.980. The first-order valence-electron chi connectivity index (χ1n) is 5.43. The van der Waals surface area contributed by atoms with Crippen LogP contribution in [0.2, 0.25) is 0 Å². The number of hydrogen-bond donors (Lipinski definition) is 1. The van der Waals surface area contributed by atoms with E-state index in [1.807, 2.05) is 0 Å². The van der Waals surface area contributed by atoms with Crippen LogP contribution >= 0.6 is 0 Å². The van der Waals surface area contributed by atoms with Gasteiger partial charge in [0.15, 0.2) is 0 Å². The maximum Gasteiger partial charge on any atom is 0.320 e. The first kappa shape index (κ1) is 13.7. The Morgan fingerprint density at radius 1 is 1.53 bits per heavy atom. The minimum Gasteiger partial charge on any atom is -0.481 e. The second-order valence-corrected chi connectivity index (χ2v) is 4.14. The number of carboxylic acid groups (broad SMARTS) is 1. The number of hydrogen-bond acceptors (Lipinski definition) is 2. The minimum atomic E-state index is -2.58. The fourth-order valence-corrected chi connectivity index (χ4v) is 2.01. The molecule has 17 heavy (non-hydrogen) atoms. The van der Waals surface area contributed by atoms with Crippen molar-refractivity contribution in [3.05, 3.63) is 0 Å². The molecule has 0 spiro atoms. The average Bonchev–Trinajstić information content (AvgIpc) is 2.62. The summed E-state index contributed by atoms with van der Waals surface area (Å²) in [4.78, 5) is 24.7. The molecule has 1 aliphatic rings. The third kappa shape index (κ3) is 3.83. The summed E-state index contributed by atoms with van der Waals surface area (Å²) in [6.07, 6.45) is -1.38. The lowest BCUT2D eigenvalue weighted by Crippen LogP contribution is -2.45. The molecule has 0 aromatic carbocycles. The van der Waals surface area contributed by atoms with Gasteiger partial charge in [0.2, 0.25) is 0 Å². The molecule has 1 unspecified atom stereocenters. The molecule has 2 amide bonds. The van der Waals surface area contributed by atoms with Crippen LogP contribution in [0.3, 0.4) is 0 Å². The van der Waals surface area contributed by atoms with Gasteiger partial charge in [-0.1, -0.05) is 0 Å². The number of aliphatic carboxylic acids is 1. The van der Waals surface area contributed by atoms with E-state index in [-0.39, 0.29) is 12.5 Å². The molecule has 0 saturated carbocycles. The average molecular weight is 250 g/mol. The van der Waals surface area contributed by atoms with Gasteiger partial charge in [0.25, 0.3) is 6.43 Å². The Morgan fingerprint density at radius 3 is 2.71 bits per heavy atom. The summed E-state index contributed by atoms with van der Waals surface area (Å²) >= 11 is 0. The molecule has 0 aliphatic carbocycles. The fraction of sp³-hybridized carbons (Fsp3) is 0.800. The highest BCUT2D eigenvalue weighted by molar-refractivity contribution is 5.76. The first-order chi connectivity index (χ1) is 7.91. The molecule has 0 aromatic rings. The van der Waals surface area contributed by atoms with Gasteiger partial charge in [0, 0.05) is 19.6 Å². The summed E-state index contributed by atoms with van der Waals surface area (Å²) in [6.45, 7) is -0.195. The van der Waals surface area contributed by atoms with Gasteiger partial charge < -0.3 is 14.9 Å². The van der Waals surface area contributed by atoms with Gasteiger partial charge >= 0.3 is 12.0 Å². The zero-order valence-electron chi connectivity index (χ0n) is 9.60. The van der Waals surface area contributed by atoms with Crippen molar-refractivity contribution in [2.24, 2.45) is 0 Å². The van der Waals surface area contributed by atoms with Crippen molar-refractivity contribution < 1.29 is 23.5 Å². The van der Waals surface area contributed by atoms with Gasteiger partial charge in [-0.15, -0.1) is 0 Å². The monoisotopic (exact) mass is 250 g/mol. The van der Waals surface area contributed by atoms with E-state index < -0.39 is 25.0 Å². The number of alkyl halides is 2. The summed E-state index contributed by atoms with van der Waals surface area (Å²) in [7, 11) is 1.30. The van der Waals surface area contributed by atoms with Crippen molar-refractivity contribution in [3.8, 4) is 0 Å². The van der Waals surface area contributed by atoms with Gasteiger partial charge in [-0.05, 0) is 12.8 Å². The Kier molecular flexibility index (Phi) is 4.65. The quantitative estimate of drug-likeness (QED) is 0.816. The van der Waals surface area contributed by atoms with Gasteiger partial charge in [0.05, 0.1) is 13.0 Å². The summed E-state index contributed by atoms with van der Waals surface area (Å²) in [5, 5.41) is 8.69. The Balaban J connectivity index is 2.57. The van der Waals surface area contributed by atoms with E-state index in [9.17, 15) is 18.4 Å². The van der Waals surface area contributed by atoms with Crippen molar-refractivity contribution in [3.63, 3.8) is 0 Å². The maximum atomic E-state index is 12.1. The number of rotatable bonds is 4. The van der Waals surface area contributed by atoms with E-state index in [0.29, 0.717) is 19.4 Å². The molecule has 0 radical (unpaired) electrons. The van der Waals surface area contributed by atoms with Gasteiger partial charge in [-0.2, -0.15) is 0 Å². The maximum absolute atomic E-state index is 12.1. The van der Waals surface area contributed by atoms with Crippen LogP contribution in [0.1, 0.15) is 19.3 Å². The highest BCUT2D eigenvalue weighted by Gasteiger charge is 2.32. The summed E-state index contributed by atoms with van der Waals surface area (Å²) in [6, 6.07) is -0.894. The standard InChI is InChI=1S/C10H16F2N2O3/c1-13(6-8(11)12)10(17)14-4-2-3-7(14)5-9(15)16/h7-8H,2-6H2,1H3,(H,15,16). The molecule has 0 bridgehead atoms. The van der Waals surface area contributed by atoms with Crippen LogP contribution < -0.4 is 0 Å². The van der Waals surface area contributed by atoms with E-state index in [1.54, 1.807) is 0 Å². The molecule has 1 N–H and O–H groups in total. The van der Waals surface area contributed by atoms with Crippen molar-refractivity contribution in [1.29, 1.82) is 0 Å². The molecule has 1 aliphatic heterocycles. The zero-order valence-corrected chi connectivity index (χ0v) is 9.60. The number of amides is 2. The van der Waals surface area contributed by atoms with E-state index in [1.165, 1.54) is 11.9 Å². The van der Waals surface area contributed by atoms with E-state index in [4.69, 9.17) is 5.11 Å². The van der Waals surface area contributed by atoms with Crippen LogP contribution in [0.25, 0.3) is 0 Å². The Hall–Kier alpha value is -1.40. The number of nitrogens with zero attached hydrogens (tertiary/aromatic N) is 2. The second-order valence-electron chi connectivity index (χ2n) is 4.14.